The number of anilines is 1. The van der Waals surface area contributed by atoms with Crippen LogP contribution >= 0.6 is 11.6 Å². The van der Waals surface area contributed by atoms with Gasteiger partial charge in [0.2, 0.25) is 0 Å². The van der Waals surface area contributed by atoms with Crippen LogP contribution in [-0.4, -0.2) is 37.4 Å². The SMILES string of the molecule is O=[N+]([O-])c1ccc(Cl)c(CN2CCC(N(c3ccc(F)cc3)S(=O)(=O)c3ccc(F)cc3)CC2)c1. The number of hydrogen-bond donors (Lipinski definition) is 0. The lowest BCUT2D eigenvalue weighted by Crippen LogP contribution is -2.47. The summed E-state index contributed by atoms with van der Waals surface area (Å²) in [5.74, 6) is -1.04. The fourth-order valence-corrected chi connectivity index (χ4v) is 6.09. The van der Waals surface area contributed by atoms with E-state index in [1.54, 1.807) is 0 Å². The Kier molecular flexibility index (Phi) is 7.34. The van der Waals surface area contributed by atoms with Crippen molar-refractivity contribution in [1.82, 2.24) is 4.90 Å². The van der Waals surface area contributed by atoms with Gasteiger partial charge in [0.05, 0.1) is 15.5 Å². The zero-order valence-corrected chi connectivity index (χ0v) is 20.1. The molecule has 1 aliphatic heterocycles. The largest absolute Gasteiger partial charge is 0.299 e. The first kappa shape index (κ1) is 25.0. The Morgan fingerprint density at radius 2 is 1.54 bits per heavy atom. The van der Waals surface area contributed by atoms with Gasteiger partial charge < -0.3 is 0 Å². The van der Waals surface area contributed by atoms with Gasteiger partial charge in [0, 0.05) is 42.8 Å². The van der Waals surface area contributed by atoms with Crippen molar-refractivity contribution < 1.29 is 22.1 Å². The fourth-order valence-electron chi connectivity index (χ4n) is 4.20. The quantitative estimate of drug-likeness (QED) is 0.307. The van der Waals surface area contributed by atoms with Gasteiger partial charge in [-0.3, -0.25) is 19.3 Å². The zero-order chi connectivity index (χ0) is 25.2. The molecule has 0 radical (unpaired) electrons. The third kappa shape index (κ3) is 5.61. The highest BCUT2D eigenvalue weighted by Gasteiger charge is 2.34. The summed E-state index contributed by atoms with van der Waals surface area (Å²) in [4.78, 5) is 12.6. The Labute approximate surface area is 206 Å². The second kappa shape index (κ2) is 10.3. The molecular weight excluding hydrogens is 500 g/mol. The first-order valence-electron chi connectivity index (χ1n) is 10.9. The number of piperidine rings is 1. The minimum atomic E-state index is -4.05. The number of sulfonamides is 1. The molecule has 11 heteroatoms. The van der Waals surface area contributed by atoms with Gasteiger partial charge in [-0.25, -0.2) is 17.2 Å². The highest BCUT2D eigenvalue weighted by molar-refractivity contribution is 7.92. The normalized spacial score (nSPS) is 15.2. The number of non-ortho nitro benzene ring substituents is 1. The third-order valence-electron chi connectivity index (χ3n) is 5.97. The molecule has 0 N–H and O–H groups in total. The van der Waals surface area contributed by atoms with Crippen LogP contribution in [0.3, 0.4) is 0 Å². The van der Waals surface area contributed by atoms with E-state index in [1.165, 1.54) is 58.9 Å². The van der Waals surface area contributed by atoms with E-state index in [4.69, 9.17) is 11.6 Å². The minimum absolute atomic E-state index is 0.0489. The third-order valence-corrected chi connectivity index (χ3v) is 8.24. The van der Waals surface area contributed by atoms with Gasteiger partial charge in [-0.15, -0.1) is 0 Å². The number of rotatable bonds is 7. The van der Waals surface area contributed by atoms with Crippen molar-refractivity contribution in [2.75, 3.05) is 17.4 Å². The molecule has 0 amide bonds. The van der Waals surface area contributed by atoms with Crippen molar-refractivity contribution in [2.45, 2.75) is 30.3 Å². The lowest BCUT2D eigenvalue weighted by Gasteiger charge is -2.39. The second-order valence-electron chi connectivity index (χ2n) is 8.27. The molecule has 3 aromatic carbocycles. The Morgan fingerprint density at radius 1 is 0.971 bits per heavy atom. The monoisotopic (exact) mass is 521 g/mol. The predicted molar refractivity (Wildman–Crippen MR) is 129 cm³/mol. The molecule has 0 atom stereocenters. The van der Waals surface area contributed by atoms with Gasteiger partial charge in [0.1, 0.15) is 11.6 Å². The van der Waals surface area contributed by atoms with Crippen LogP contribution in [-0.2, 0) is 16.6 Å². The highest BCUT2D eigenvalue weighted by atomic mass is 35.5. The van der Waals surface area contributed by atoms with Gasteiger partial charge in [-0.1, -0.05) is 11.6 Å². The molecular formula is C24H22ClF2N3O4S. The van der Waals surface area contributed by atoms with Crippen LogP contribution in [0.2, 0.25) is 5.02 Å². The first-order valence-corrected chi connectivity index (χ1v) is 12.7. The van der Waals surface area contributed by atoms with Crippen molar-refractivity contribution in [3.05, 3.63) is 99.1 Å². The van der Waals surface area contributed by atoms with E-state index >= 15 is 0 Å². The van der Waals surface area contributed by atoms with Crippen LogP contribution in [0, 0.1) is 21.7 Å². The Balaban J connectivity index is 1.56. The van der Waals surface area contributed by atoms with E-state index < -0.39 is 32.6 Å². The standard InChI is InChI=1S/C24H22ClF2N3O4S/c25-24-10-7-22(30(31)32)15-17(24)16-28-13-11-21(12-14-28)29(20-5-1-18(26)2-6-20)35(33,34)23-8-3-19(27)4-9-23/h1-10,15,21H,11-14,16H2. The van der Waals surface area contributed by atoms with E-state index in [0.717, 1.165) is 12.1 Å². The van der Waals surface area contributed by atoms with Gasteiger partial charge in [-0.2, -0.15) is 0 Å². The average Bonchev–Trinajstić information content (AvgIpc) is 2.83. The summed E-state index contributed by atoms with van der Waals surface area (Å²) in [6.45, 7) is 1.41. The van der Waals surface area contributed by atoms with Crippen molar-refractivity contribution in [3.63, 3.8) is 0 Å². The van der Waals surface area contributed by atoms with E-state index in [1.807, 2.05) is 0 Å². The molecule has 35 heavy (non-hydrogen) atoms. The van der Waals surface area contributed by atoms with Gasteiger partial charge in [0.25, 0.3) is 15.7 Å². The molecule has 0 unspecified atom stereocenters. The molecule has 7 nitrogen and oxygen atoms in total. The smallest absolute Gasteiger partial charge is 0.269 e. The number of nitro benzene ring substituents is 1. The Morgan fingerprint density at radius 3 is 2.11 bits per heavy atom. The Bertz CT molecular complexity index is 1310. The van der Waals surface area contributed by atoms with Crippen LogP contribution in [0.5, 0.6) is 0 Å². The van der Waals surface area contributed by atoms with Crippen LogP contribution in [0.25, 0.3) is 0 Å². The molecule has 1 aliphatic rings. The van der Waals surface area contributed by atoms with E-state index in [9.17, 15) is 27.3 Å². The van der Waals surface area contributed by atoms with Crippen molar-refractivity contribution >= 4 is 33.0 Å². The van der Waals surface area contributed by atoms with Crippen molar-refractivity contribution in [3.8, 4) is 0 Å². The first-order chi connectivity index (χ1) is 16.6. The number of hydrogen-bond acceptors (Lipinski definition) is 5. The number of benzene rings is 3. The fraction of sp³-hybridized carbons (Fsp3) is 0.250. The second-order valence-corrected chi connectivity index (χ2v) is 10.5. The minimum Gasteiger partial charge on any atom is -0.299 e. The molecule has 1 heterocycles. The molecule has 1 saturated heterocycles. The maximum Gasteiger partial charge on any atom is 0.269 e. The summed E-state index contributed by atoms with van der Waals surface area (Å²) >= 11 is 6.24. The molecule has 0 saturated carbocycles. The molecule has 4 rings (SSSR count). The number of nitrogens with zero attached hydrogens (tertiary/aromatic N) is 3. The van der Waals surface area contributed by atoms with Crippen molar-refractivity contribution in [2.24, 2.45) is 0 Å². The Hall–Kier alpha value is -3.08. The van der Waals surface area contributed by atoms with E-state index in [-0.39, 0.29) is 10.6 Å². The predicted octanol–water partition coefficient (Wildman–Crippen LogP) is 5.39. The maximum atomic E-state index is 13.6. The van der Waals surface area contributed by atoms with Crippen LogP contribution in [0.1, 0.15) is 18.4 Å². The van der Waals surface area contributed by atoms with Gasteiger partial charge in [-0.05, 0) is 73.0 Å². The van der Waals surface area contributed by atoms with Gasteiger partial charge >= 0.3 is 0 Å². The summed E-state index contributed by atoms with van der Waals surface area (Å²) in [5.41, 5.74) is 0.886. The number of likely N-dealkylation sites (tertiary alicyclic amines) is 1. The van der Waals surface area contributed by atoms with Crippen LogP contribution < -0.4 is 4.31 Å². The van der Waals surface area contributed by atoms with Crippen LogP contribution in [0.4, 0.5) is 20.2 Å². The topological polar surface area (TPSA) is 83.8 Å². The summed E-state index contributed by atoms with van der Waals surface area (Å²) in [5, 5.41) is 11.5. The number of halogens is 3. The molecule has 1 fully saturated rings. The van der Waals surface area contributed by atoms with Crippen molar-refractivity contribution in [1.29, 1.82) is 0 Å². The number of nitro groups is 1. The molecule has 0 aliphatic carbocycles. The lowest BCUT2D eigenvalue weighted by molar-refractivity contribution is -0.384. The zero-order valence-electron chi connectivity index (χ0n) is 18.5. The molecule has 0 bridgehead atoms. The summed E-state index contributed by atoms with van der Waals surface area (Å²) in [7, 11) is -4.05. The summed E-state index contributed by atoms with van der Waals surface area (Å²) in [6, 6.07) is 13.7. The van der Waals surface area contributed by atoms with Crippen LogP contribution in [0.15, 0.2) is 71.6 Å². The molecule has 184 valence electrons. The molecule has 0 aromatic heterocycles. The maximum absolute atomic E-state index is 13.6. The van der Waals surface area contributed by atoms with E-state index in [0.29, 0.717) is 48.7 Å². The summed E-state index contributed by atoms with van der Waals surface area (Å²) < 4.78 is 55.4. The highest BCUT2D eigenvalue weighted by Crippen LogP contribution is 2.32. The summed E-state index contributed by atoms with van der Waals surface area (Å²) in [6.07, 6.45) is 0.925. The average molecular weight is 522 g/mol. The lowest BCUT2D eigenvalue weighted by atomic mass is 10.0. The van der Waals surface area contributed by atoms with Gasteiger partial charge in [0.15, 0.2) is 0 Å². The van der Waals surface area contributed by atoms with E-state index in [2.05, 4.69) is 4.90 Å². The molecule has 3 aromatic rings. The molecule has 0 spiro atoms.